The monoisotopic (exact) mass is 297 g/mol. The molecule has 0 spiro atoms. The number of nitrogens with one attached hydrogen (secondary N) is 1. The summed E-state index contributed by atoms with van der Waals surface area (Å²) in [4.78, 5) is 16.5. The van der Waals surface area contributed by atoms with Crippen LogP contribution in [0.2, 0.25) is 0 Å². The van der Waals surface area contributed by atoms with E-state index in [-0.39, 0.29) is 17.1 Å². The van der Waals surface area contributed by atoms with E-state index < -0.39 is 22.5 Å². The van der Waals surface area contributed by atoms with Crippen molar-refractivity contribution in [2.24, 2.45) is 0 Å². The van der Waals surface area contributed by atoms with Crippen LogP contribution >= 0.6 is 0 Å². The van der Waals surface area contributed by atoms with Gasteiger partial charge in [-0.2, -0.15) is 13.2 Å². The average molecular weight is 297 g/mol. The summed E-state index contributed by atoms with van der Waals surface area (Å²) in [5.41, 5.74) is -0.341. The van der Waals surface area contributed by atoms with E-state index in [9.17, 15) is 23.3 Å². The van der Waals surface area contributed by atoms with E-state index in [4.69, 9.17) is 4.42 Å². The molecule has 0 fully saturated rings. The number of hydrogen-bond donors (Lipinski definition) is 1. The molecule has 0 amide bonds. The quantitative estimate of drug-likeness (QED) is 0.576. The van der Waals surface area contributed by atoms with Crippen molar-refractivity contribution in [2.75, 3.05) is 0 Å². The fourth-order valence-corrected chi connectivity index (χ4v) is 1.86. The molecule has 0 aliphatic carbocycles. The number of hydrogen-bond acceptors (Lipinski definition) is 4. The first kappa shape index (κ1) is 13.2. The van der Waals surface area contributed by atoms with Crippen molar-refractivity contribution < 1.29 is 22.5 Å². The molecule has 2 aromatic heterocycles. The van der Waals surface area contributed by atoms with Crippen LogP contribution in [0.5, 0.6) is 0 Å². The van der Waals surface area contributed by atoms with Gasteiger partial charge >= 0.3 is 12.1 Å². The topological polar surface area (TPSA) is 85.0 Å². The lowest BCUT2D eigenvalue weighted by atomic mass is 10.2. The fourth-order valence-electron chi connectivity index (χ4n) is 1.86. The molecular formula is C12H6F3N3O3. The van der Waals surface area contributed by atoms with Crippen LogP contribution in [-0.2, 0) is 6.18 Å². The van der Waals surface area contributed by atoms with E-state index in [1.165, 1.54) is 12.1 Å². The van der Waals surface area contributed by atoms with Crippen molar-refractivity contribution in [2.45, 2.75) is 6.18 Å². The molecule has 21 heavy (non-hydrogen) atoms. The van der Waals surface area contributed by atoms with Gasteiger partial charge in [-0.15, -0.1) is 0 Å². The second-order valence-corrected chi connectivity index (χ2v) is 4.21. The standard InChI is InChI=1S/C12H6F3N3O3/c13-12(14,15)6-1-2-7-8(5-6)17-11(16-7)9-3-4-10(21-9)18(19)20/h1-5H,(H,16,17). The zero-order valence-corrected chi connectivity index (χ0v) is 10.1. The van der Waals surface area contributed by atoms with Crippen molar-refractivity contribution in [1.82, 2.24) is 9.97 Å². The number of furan rings is 1. The largest absolute Gasteiger partial charge is 0.433 e. The average Bonchev–Trinajstić information content (AvgIpc) is 3.03. The number of nitrogens with zero attached hydrogens (tertiary/aromatic N) is 2. The van der Waals surface area contributed by atoms with Crippen LogP contribution in [0.25, 0.3) is 22.6 Å². The van der Waals surface area contributed by atoms with Crippen molar-refractivity contribution in [3.05, 3.63) is 46.0 Å². The molecule has 9 heteroatoms. The highest BCUT2D eigenvalue weighted by Gasteiger charge is 2.30. The molecule has 0 aliphatic rings. The van der Waals surface area contributed by atoms with Crippen LogP contribution in [0.3, 0.4) is 0 Å². The highest BCUT2D eigenvalue weighted by molar-refractivity contribution is 5.79. The zero-order valence-electron chi connectivity index (χ0n) is 10.1. The van der Waals surface area contributed by atoms with Gasteiger partial charge in [0.05, 0.1) is 22.7 Å². The van der Waals surface area contributed by atoms with Gasteiger partial charge in [0, 0.05) is 0 Å². The molecule has 2 heterocycles. The Labute approximate surface area is 114 Å². The number of nitro groups is 1. The SMILES string of the molecule is O=[N+]([O-])c1ccc(-c2nc3ccc(C(F)(F)F)cc3[nH]2)o1. The Bertz CT molecular complexity index is 835. The zero-order chi connectivity index (χ0) is 15.2. The molecule has 1 N–H and O–H groups in total. The Balaban J connectivity index is 2.06. The van der Waals surface area contributed by atoms with Crippen LogP contribution in [-0.4, -0.2) is 14.9 Å². The van der Waals surface area contributed by atoms with E-state index in [0.717, 1.165) is 18.2 Å². The molecule has 0 atom stereocenters. The van der Waals surface area contributed by atoms with E-state index in [0.29, 0.717) is 5.52 Å². The van der Waals surface area contributed by atoms with Crippen LogP contribution in [0.1, 0.15) is 5.56 Å². The first-order valence-electron chi connectivity index (χ1n) is 5.66. The summed E-state index contributed by atoms with van der Waals surface area (Å²) >= 11 is 0. The smallest absolute Gasteiger partial charge is 0.397 e. The third-order valence-electron chi connectivity index (χ3n) is 2.81. The molecule has 0 bridgehead atoms. The number of halogens is 3. The van der Waals surface area contributed by atoms with Gasteiger partial charge in [-0.05, 0) is 24.3 Å². The molecular weight excluding hydrogens is 291 g/mol. The molecule has 3 rings (SSSR count). The predicted molar refractivity (Wildman–Crippen MR) is 65.5 cm³/mol. The molecule has 0 unspecified atom stereocenters. The number of H-pyrrole nitrogens is 1. The Morgan fingerprint density at radius 1 is 1.24 bits per heavy atom. The summed E-state index contributed by atoms with van der Waals surface area (Å²) in [5.74, 6) is -0.273. The second-order valence-electron chi connectivity index (χ2n) is 4.21. The molecule has 6 nitrogen and oxygen atoms in total. The number of alkyl halides is 3. The van der Waals surface area contributed by atoms with E-state index in [2.05, 4.69) is 9.97 Å². The maximum absolute atomic E-state index is 12.6. The highest BCUT2D eigenvalue weighted by atomic mass is 19.4. The Hall–Kier alpha value is -2.84. The Morgan fingerprint density at radius 3 is 2.62 bits per heavy atom. The van der Waals surface area contributed by atoms with Crippen molar-refractivity contribution >= 4 is 16.9 Å². The normalized spacial score (nSPS) is 12.0. The summed E-state index contributed by atoms with van der Waals surface area (Å²) in [6, 6.07) is 5.51. The maximum Gasteiger partial charge on any atom is 0.433 e. The third kappa shape index (κ3) is 2.33. The van der Waals surface area contributed by atoms with Gasteiger partial charge in [-0.25, -0.2) is 4.98 Å². The van der Waals surface area contributed by atoms with Crippen LogP contribution in [0.15, 0.2) is 34.7 Å². The van der Waals surface area contributed by atoms with Gasteiger partial charge in [0.1, 0.15) is 4.92 Å². The van der Waals surface area contributed by atoms with E-state index in [1.807, 2.05) is 0 Å². The lowest BCUT2D eigenvalue weighted by Gasteiger charge is -2.05. The Morgan fingerprint density at radius 2 is 2.00 bits per heavy atom. The minimum Gasteiger partial charge on any atom is -0.397 e. The Kier molecular flexibility index (Phi) is 2.71. The first-order valence-corrected chi connectivity index (χ1v) is 5.66. The molecule has 3 aromatic rings. The highest BCUT2D eigenvalue weighted by Crippen LogP contribution is 2.32. The summed E-state index contributed by atoms with van der Waals surface area (Å²) in [5, 5.41) is 10.5. The second kappa shape index (κ2) is 4.33. The van der Waals surface area contributed by atoms with Gasteiger partial charge in [0.15, 0.2) is 11.6 Å². The minimum absolute atomic E-state index is 0.0754. The molecule has 0 aliphatic heterocycles. The minimum atomic E-state index is -4.46. The van der Waals surface area contributed by atoms with Gasteiger partial charge in [-0.3, -0.25) is 10.1 Å². The van der Waals surface area contributed by atoms with Crippen LogP contribution in [0, 0.1) is 10.1 Å². The summed E-state index contributed by atoms with van der Waals surface area (Å²) in [6.45, 7) is 0. The fraction of sp³-hybridized carbons (Fsp3) is 0.0833. The summed E-state index contributed by atoms with van der Waals surface area (Å²) < 4.78 is 42.8. The number of imidazole rings is 1. The summed E-state index contributed by atoms with van der Waals surface area (Å²) in [7, 11) is 0. The van der Waals surface area contributed by atoms with Crippen LogP contribution < -0.4 is 0 Å². The van der Waals surface area contributed by atoms with Gasteiger partial charge in [0.2, 0.25) is 0 Å². The first-order chi connectivity index (χ1) is 9.84. The van der Waals surface area contributed by atoms with Gasteiger partial charge < -0.3 is 9.40 Å². The third-order valence-corrected chi connectivity index (χ3v) is 2.81. The summed E-state index contributed by atoms with van der Waals surface area (Å²) in [6.07, 6.45) is -4.46. The number of aromatic nitrogens is 2. The van der Waals surface area contributed by atoms with Crippen LogP contribution in [0.4, 0.5) is 19.1 Å². The predicted octanol–water partition coefficient (Wildman–Crippen LogP) is 3.75. The molecule has 0 saturated heterocycles. The van der Waals surface area contributed by atoms with Crippen molar-refractivity contribution in [1.29, 1.82) is 0 Å². The van der Waals surface area contributed by atoms with E-state index in [1.54, 1.807) is 0 Å². The number of aromatic amines is 1. The van der Waals surface area contributed by atoms with Gasteiger partial charge in [-0.1, -0.05) is 0 Å². The number of fused-ring (bicyclic) bond motifs is 1. The van der Waals surface area contributed by atoms with Gasteiger partial charge in [0.25, 0.3) is 0 Å². The van der Waals surface area contributed by atoms with E-state index >= 15 is 0 Å². The number of benzene rings is 1. The van der Waals surface area contributed by atoms with Crippen molar-refractivity contribution in [3.63, 3.8) is 0 Å². The molecule has 108 valence electrons. The van der Waals surface area contributed by atoms with Crippen molar-refractivity contribution in [3.8, 4) is 11.6 Å². The molecule has 0 radical (unpaired) electrons. The lowest BCUT2D eigenvalue weighted by Crippen LogP contribution is -2.04. The molecule has 1 aromatic carbocycles. The molecule has 0 saturated carbocycles. The lowest BCUT2D eigenvalue weighted by molar-refractivity contribution is -0.401. The number of rotatable bonds is 2. The maximum atomic E-state index is 12.6.